The minimum Gasteiger partial charge on any atom is -0.292 e. The Bertz CT molecular complexity index is 1050. The zero-order chi connectivity index (χ0) is 17.9. The number of hydrogen-bond donors (Lipinski definition) is 0. The number of Topliss-reactive ketones (excluding diaryl/α,β-unsaturated/α-hetero) is 1. The van der Waals surface area contributed by atoms with E-state index in [9.17, 15) is 4.79 Å². The molecule has 130 valence electrons. The lowest BCUT2D eigenvalue weighted by atomic mass is 9.90. The van der Waals surface area contributed by atoms with Crippen LogP contribution in [0.15, 0.2) is 64.8 Å². The molecular weight excluding hydrogens is 344 g/mol. The van der Waals surface area contributed by atoms with Crippen molar-refractivity contribution in [2.24, 2.45) is 10.2 Å². The fourth-order valence-electron chi connectivity index (χ4n) is 3.03. The van der Waals surface area contributed by atoms with E-state index >= 15 is 0 Å². The predicted octanol–water partition coefficient (Wildman–Crippen LogP) is 3.78. The number of para-hydroxylation sites is 1. The molecule has 4 rings (SSSR count). The van der Waals surface area contributed by atoms with Crippen molar-refractivity contribution >= 4 is 22.8 Å². The monoisotopic (exact) mass is 362 g/mol. The van der Waals surface area contributed by atoms with Crippen LogP contribution in [-0.4, -0.2) is 21.3 Å². The van der Waals surface area contributed by atoms with Gasteiger partial charge in [-0.2, -0.15) is 10.2 Å². The number of carbonyl (C=O) groups is 1. The number of aryl methyl sites for hydroxylation is 1. The molecule has 2 aromatic carbocycles. The molecule has 0 spiro atoms. The highest BCUT2D eigenvalue weighted by atomic mass is 32.1. The summed E-state index contributed by atoms with van der Waals surface area (Å²) in [7, 11) is 0. The summed E-state index contributed by atoms with van der Waals surface area (Å²) in [5.74, 6) is -0.0724. The Kier molecular flexibility index (Phi) is 4.58. The summed E-state index contributed by atoms with van der Waals surface area (Å²) in [6, 6.07) is 18.0. The highest BCUT2D eigenvalue weighted by molar-refractivity contribution is 7.10. The molecule has 0 aliphatic heterocycles. The molecule has 1 heterocycles. The number of hydrogen-bond acceptors (Lipinski definition) is 5. The molecule has 0 atom stereocenters. The average molecular weight is 362 g/mol. The molecule has 0 amide bonds. The van der Waals surface area contributed by atoms with Gasteiger partial charge in [0.25, 0.3) is 0 Å². The first-order valence-electron chi connectivity index (χ1n) is 8.58. The van der Waals surface area contributed by atoms with Crippen molar-refractivity contribution < 1.29 is 4.79 Å². The number of fused-ring (bicyclic) bond motifs is 1. The number of ketones is 1. The SMILES string of the molecule is CC(=O)c1nn(-c2ccccc2)/c(=N/N=C2\CCCc3ccccc32)s1. The van der Waals surface area contributed by atoms with E-state index < -0.39 is 0 Å². The van der Waals surface area contributed by atoms with Crippen molar-refractivity contribution in [3.05, 3.63) is 75.5 Å². The van der Waals surface area contributed by atoms with Crippen molar-refractivity contribution in [3.63, 3.8) is 0 Å². The van der Waals surface area contributed by atoms with Crippen LogP contribution in [0, 0.1) is 0 Å². The van der Waals surface area contributed by atoms with Gasteiger partial charge in [0.15, 0.2) is 10.8 Å². The van der Waals surface area contributed by atoms with E-state index in [0.29, 0.717) is 9.81 Å². The minimum atomic E-state index is -0.0724. The lowest BCUT2D eigenvalue weighted by Crippen LogP contribution is -2.15. The van der Waals surface area contributed by atoms with Crippen LogP contribution in [0.25, 0.3) is 5.69 Å². The predicted molar refractivity (Wildman–Crippen MR) is 103 cm³/mol. The molecule has 0 fully saturated rings. The van der Waals surface area contributed by atoms with E-state index in [2.05, 4.69) is 33.5 Å². The summed E-state index contributed by atoms with van der Waals surface area (Å²) < 4.78 is 1.68. The number of benzene rings is 2. The molecule has 1 aliphatic rings. The molecule has 3 aromatic rings. The van der Waals surface area contributed by atoms with Gasteiger partial charge in [-0.15, -0.1) is 5.10 Å². The van der Waals surface area contributed by atoms with Crippen LogP contribution >= 0.6 is 11.3 Å². The van der Waals surface area contributed by atoms with Gasteiger partial charge in [-0.05, 0) is 37.0 Å². The van der Waals surface area contributed by atoms with Gasteiger partial charge in [0.1, 0.15) is 0 Å². The van der Waals surface area contributed by atoms with Gasteiger partial charge in [-0.1, -0.05) is 53.8 Å². The fourth-order valence-corrected chi connectivity index (χ4v) is 3.79. The maximum Gasteiger partial charge on any atom is 0.233 e. The number of rotatable bonds is 3. The van der Waals surface area contributed by atoms with E-state index in [4.69, 9.17) is 0 Å². The van der Waals surface area contributed by atoms with Gasteiger partial charge in [0.2, 0.25) is 4.80 Å². The maximum absolute atomic E-state index is 11.8. The second-order valence-electron chi connectivity index (χ2n) is 6.15. The van der Waals surface area contributed by atoms with E-state index in [0.717, 1.165) is 30.7 Å². The first kappa shape index (κ1) is 16.6. The molecule has 0 radical (unpaired) electrons. The third-order valence-corrected chi connectivity index (χ3v) is 5.31. The first-order chi connectivity index (χ1) is 12.7. The van der Waals surface area contributed by atoms with Crippen LogP contribution in [0.4, 0.5) is 0 Å². The highest BCUT2D eigenvalue weighted by Crippen LogP contribution is 2.21. The van der Waals surface area contributed by atoms with Crippen molar-refractivity contribution in [1.29, 1.82) is 0 Å². The Hall–Kier alpha value is -2.86. The molecule has 5 nitrogen and oxygen atoms in total. The van der Waals surface area contributed by atoms with Crippen LogP contribution < -0.4 is 4.80 Å². The second-order valence-corrected chi connectivity index (χ2v) is 7.11. The van der Waals surface area contributed by atoms with E-state index in [1.54, 1.807) is 4.68 Å². The Balaban J connectivity index is 1.82. The zero-order valence-electron chi connectivity index (χ0n) is 14.4. The van der Waals surface area contributed by atoms with Gasteiger partial charge in [-0.3, -0.25) is 4.79 Å². The molecular formula is C20H18N4OS. The fraction of sp³-hybridized carbons (Fsp3) is 0.200. The lowest BCUT2D eigenvalue weighted by molar-refractivity contribution is 0.101. The topological polar surface area (TPSA) is 59.6 Å². The largest absolute Gasteiger partial charge is 0.292 e. The Labute approximate surface area is 155 Å². The third-order valence-electron chi connectivity index (χ3n) is 4.31. The van der Waals surface area contributed by atoms with Gasteiger partial charge >= 0.3 is 0 Å². The summed E-state index contributed by atoms with van der Waals surface area (Å²) in [5, 5.41) is 13.8. The smallest absolute Gasteiger partial charge is 0.233 e. The molecule has 26 heavy (non-hydrogen) atoms. The van der Waals surface area contributed by atoms with Crippen LogP contribution in [-0.2, 0) is 6.42 Å². The normalized spacial score (nSPS) is 15.9. The Morgan fingerprint density at radius 1 is 1.04 bits per heavy atom. The summed E-state index contributed by atoms with van der Waals surface area (Å²) in [6.07, 6.45) is 3.06. The number of nitrogens with zero attached hydrogens (tertiary/aromatic N) is 4. The number of carbonyl (C=O) groups excluding carboxylic acids is 1. The average Bonchev–Trinajstić information content (AvgIpc) is 3.11. The summed E-state index contributed by atoms with van der Waals surface area (Å²) >= 11 is 1.26. The van der Waals surface area contributed by atoms with Crippen molar-refractivity contribution in [1.82, 2.24) is 9.78 Å². The standard InChI is InChI=1S/C20H18N4OS/c1-14(25)19-23-24(16-10-3-2-4-11-16)20(26-19)22-21-18-13-7-9-15-8-5-6-12-17(15)18/h2-6,8,10-12H,7,9,13H2,1H3/b21-18+,22-20-. The van der Waals surface area contributed by atoms with Crippen LogP contribution in [0.3, 0.4) is 0 Å². The van der Waals surface area contributed by atoms with E-state index in [-0.39, 0.29) is 5.78 Å². The quantitative estimate of drug-likeness (QED) is 0.526. The summed E-state index contributed by atoms with van der Waals surface area (Å²) in [6.45, 7) is 1.52. The van der Waals surface area contributed by atoms with Crippen LogP contribution in [0.1, 0.15) is 40.7 Å². The van der Waals surface area contributed by atoms with Crippen LogP contribution in [0.5, 0.6) is 0 Å². The van der Waals surface area contributed by atoms with Gasteiger partial charge < -0.3 is 0 Å². The molecule has 6 heteroatoms. The summed E-state index contributed by atoms with van der Waals surface area (Å²) in [4.78, 5) is 12.4. The molecule has 0 unspecified atom stereocenters. The molecule has 0 saturated heterocycles. The van der Waals surface area contributed by atoms with Gasteiger partial charge in [-0.25, -0.2) is 4.68 Å². The van der Waals surface area contributed by atoms with E-state index in [1.807, 2.05) is 36.4 Å². The minimum absolute atomic E-state index is 0.0724. The van der Waals surface area contributed by atoms with Crippen molar-refractivity contribution in [2.75, 3.05) is 0 Å². The van der Waals surface area contributed by atoms with Gasteiger partial charge in [0, 0.05) is 12.5 Å². The number of aromatic nitrogens is 2. The molecule has 0 N–H and O–H groups in total. The van der Waals surface area contributed by atoms with Crippen molar-refractivity contribution in [2.45, 2.75) is 26.2 Å². The molecule has 1 aromatic heterocycles. The Morgan fingerprint density at radius 3 is 2.62 bits per heavy atom. The molecule has 1 aliphatic carbocycles. The Morgan fingerprint density at radius 2 is 1.81 bits per heavy atom. The second kappa shape index (κ2) is 7.17. The van der Waals surface area contributed by atoms with Gasteiger partial charge in [0.05, 0.1) is 11.4 Å². The van der Waals surface area contributed by atoms with Crippen LogP contribution in [0.2, 0.25) is 0 Å². The van der Waals surface area contributed by atoms with E-state index in [1.165, 1.54) is 29.4 Å². The van der Waals surface area contributed by atoms with Crippen molar-refractivity contribution in [3.8, 4) is 5.69 Å². The summed E-state index contributed by atoms with van der Waals surface area (Å²) in [5.41, 5.74) is 4.34. The lowest BCUT2D eigenvalue weighted by Gasteiger charge is -2.16. The third kappa shape index (κ3) is 3.28. The first-order valence-corrected chi connectivity index (χ1v) is 9.39. The highest BCUT2D eigenvalue weighted by Gasteiger charge is 2.15. The molecule has 0 bridgehead atoms. The molecule has 0 saturated carbocycles. The zero-order valence-corrected chi connectivity index (χ0v) is 15.2. The maximum atomic E-state index is 11.8.